The summed E-state index contributed by atoms with van der Waals surface area (Å²) in [6.07, 6.45) is 0. The van der Waals surface area contributed by atoms with Gasteiger partial charge in [0.2, 0.25) is 0 Å². The van der Waals surface area contributed by atoms with Gasteiger partial charge in [0, 0.05) is 11.1 Å². The number of rotatable bonds is 1. The topological polar surface area (TPSA) is 33.0 Å². The molecule has 2 aromatic carbocycles. The zero-order valence-electron chi connectivity index (χ0n) is 10.7. The number of fused-ring (bicyclic) bond motifs is 1. The first-order valence-corrected chi connectivity index (χ1v) is 6.22. The van der Waals surface area contributed by atoms with Gasteiger partial charge in [0.25, 0.3) is 0 Å². The lowest BCUT2D eigenvalue weighted by molar-refractivity contribution is 0.364. The smallest absolute Gasteiger partial charge is 0.127 e. The van der Waals surface area contributed by atoms with Gasteiger partial charge in [0.15, 0.2) is 0 Å². The van der Waals surface area contributed by atoms with Crippen LogP contribution in [0, 0.1) is 11.3 Å². The van der Waals surface area contributed by atoms with Crippen LogP contribution in [0.5, 0.6) is 5.75 Å². The van der Waals surface area contributed by atoms with Crippen LogP contribution in [0.15, 0.2) is 48.5 Å². The highest BCUT2D eigenvalue weighted by molar-refractivity contribution is 5.93. The average molecular weight is 247 g/mol. The predicted octanol–water partition coefficient (Wildman–Crippen LogP) is 3.88. The largest absolute Gasteiger partial charge is 0.488 e. The molecule has 0 atom stereocenters. The minimum absolute atomic E-state index is 0.553. The van der Waals surface area contributed by atoms with Gasteiger partial charge in [-0.15, -0.1) is 0 Å². The van der Waals surface area contributed by atoms with Gasteiger partial charge in [-0.2, -0.15) is 5.26 Å². The van der Waals surface area contributed by atoms with Crippen LogP contribution in [-0.2, 0) is 0 Å². The van der Waals surface area contributed by atoms with E-state index in [0.29, 0.717) is 12.2 Å². The highest BCUT2D eigenvalue weighted by Crippen LogP contribution is 2.36. The maximum absolute atomic E-state index is 8.99. The van der Waals surface area contributed by atoms with E-state index in [1.807, 2.05) is 42.5 Å². The van der Waals surface area contributed by atoms with E-state index in [2.05, 4.69) is 19.1 Å². The molecule has 0 saturated heterocycles. The van der Waals surface area contributed by atoms with Crippen LogP contribution in [0.4, 0.5) is 0 Å². The number of nitrogens with zero attached hydrogens (tertiary/aromatic N) is 1. The number of para-hydroxylation sites is 1. The van der Waals surface area contributed by atoms with Gasteiger partial charge in [-0.3, -0.25) is 0 Å². The standard InChI is InChI=1S/C17H13NO/c1-12-15-7-2-3-8-17(15)19-11-16(12)14-6-4-5-13(9-14)10-18/h2-9H,11H2,1H3. The molecule has 0 aromatic heterocycles. The number of ether oxygens (including phenoxy) is 1. The molecule has 0 aliphatic carbocycles. The van der Waals surface area contributed by atoms with E-state index >= 15 is 0 Å². The Morgan fingerprint density at radius 3 is 2.79 bits per heavy atom. The molecule has 2 aromatic rings. The average Bonchev–Trinajstić information content (AvgIpc) is 2.48. The molecule has 2 nitrogen and oxygen atoms in total. The van der Waals surface area contributed by atoms with Gasteiger partial charge in [-0.05, 0) is 36.3 Å². The van der Waals surface area contributed by atoms with Gasteiger partial charge >= 0.3 is 0 Å². The summed E-state index contributed by atoms with van der Waals surface area (Å²) in [5.74, 6) is 0.931. The van der Waals surface area contributed by atoms with Gasteiger partial charge < -0.3 is 4.74 Å². The van der Waals surface area contributed by atoms with E-state index in [4.69, 9.17) is 10.00 Å². The number of nitriles is 1. The van der Waals surface area contributed by atoms with E-state index < -0.39 is 0 Å². The summed E-state index contributed by atoms with van der Waals surface area (Å²) in [5.41, 5.74) is 5.24. The molecule has 1 heterocycles. The first-order chi connectivity index (χ1) is 9.29. The lowest BCUT2D eigenvalue weighted by atomic mass is 9.93. The zero-order valence-corrected chi connectivity index (χ0v) is 10.7. The van der Waals surface area contributed by atoms with E-state index in [1.54, 1.807) is 0 Å². The Hall–Kier alpha value is -2.53. The maximum atomic E-state index is 8.99. The summed E-state index contributed by atoms with van der Waals surface area (Å²) in [7, 11) is 0. The minimum atomic E-state index is 0.553. The Kier molecular flexibility index (Phi) is 2.81. The van der Waals surface area contributed by atoms with Crippen molar-refractivity contribution < 1.29 is 4.74 Å². The summed E-state index contributed by atoms with van der Waals surface area (Å²) < 4.78 is 5.79. The third-order valence-electron chi connectivity index (χ3n) is 3.46. The molecule has 1 aliphatic rings. The second-order valence-electron chi connectivity index (χ2n) is 4.58. The number of hydrogen-bond acceptors (Lipinski definition) is 2. The molecule has 0 fully saturated rings. The lowest BCUT2D eigenvalue weighted by Crippen LogP contribution is -2.09. The zero-order chi connectivity index (χ0) is 13.2. The summed E-state index contributed by atoms with van der Waals surface area (Å²) in [4.78, 5) is 0. The van der Waals surface area contributed by atoms with Crippen LogP contribution in [0.25, 0.3) is 11.1 Å². The molecular weight excluding hydrogens is 234 g/mol. The van der Waals surface area contributed by atoms with Crippen LogP contribution >= 0.6 is 0 Å². The molecule has 2 heteroatoms. The first kappa shape index (κ1) is 11.6. The Morgan fingerprint density at radius 2 is 1.95 bits per heavy atom. The van der Waals surface area contributed by atoms with Gasteiger partial charge in [-0.1, -0.05) is 30.3 Å². The van der Waals surface area contributed by atoms with Crippen molar-refractivity contribution in [2.45, 2.75) is 6.92 Å². The SMILES string of the molecule is CC1=C(c2cccc(C#N)c2)COc2ccccc21. The van der Waals surface area contributed by atoms with Crippen molar-refractivity contribution in [1.29, 1.82) is 5.26 Å². The Balaban J connectivity index is 2.13. The molecule has 0 amide bonds. The Labute approximate surface area is 112 Å². The molecule has 19 heavy (non-hydrogen) atoms. The van der Waals surface area contributed by atoms with Crippen LogP contribution < -0.4 is 4.74 Å². The van der Waals surface area contributed by atoms with E-state index in [-0.39, 0.29) is 0 Å². The lowest BCUT2D eigenvalue weighted by Gasteiger charge is -2.22. The molecule has 0 N–H and O–H groups in total. The van der Waals surface area contributed by atoms with Gasteiger partial charge in [-0.25, -0.2) is 0 Å². The summed E-state index contributed by atoms with van der Waals surface area (Å²) in [6, 6.07) is 17.9. The molecule has 0 spiro atoms. The van der Waals surface area contributed by atoms with E-state index in [0.717, 1.165) is 22.4 Å². The Morgan fingerprint density at radius 1 is 1.11 bits per heavy atom. The quantitative estimate of drug-likeness (QED) is 0.766. The van der Waals surface area contributed by atoms with Crippen molar-refractivity contribution in [2.24, 2.45) is 0 Å². The third-order valence-corrected chi connectivity index (χ3v) is 3.46. The monoisotopic (exact) mass is 247 g/mol. The van der Waals surface area contributed by atoms with Crippen molar-refractivity contribution in [2.75, 3.05) is 6.61 Å². The first-order valence-electron chi connectivity index (χ1n) is 6.22. The molecular formula is C17H13NO. The second-order valence-corrected chi connectivity index (χ2v) is 4.58. The van der Waals surface area contributed by atoms with Crippen molar-refractivity contribution in [3.8, 4) is 11.8 Å². The summed E-state index contributed by atoms with van der Waals surface area (Å²) in [5, 5.41) is 8.99. The van der Waals surface area contributed by atoms with Crippen LogP contribution in [0.1, 0.15) is 23.6 Å². The molecule has 0 unspecified atom stereocenters. The minimum Gasteiger partial charge on any atom is -0.488 e. The predicted molar refractivity (Wildman–Crippen MR) is 75.6 cm³/mol. The molecule has 92 valence electrons. The van der Waals surface area contributed by atoms with E-state index in [9.17, 15) is 0 Å². The number of benzene rings is 2. The van der Waals surface area contributed by atoms with E-state index in [1.165, 1.54) is 5.57 Å². The van der Waals surface area contributed by atoms with Crippen LogP contribution in [-0.4, -0.2) is 6.61 Å². The number of hydrogen-bond donors (Lipinski definition) is 0. The van der Waals surface area contributed by atoms with Crippen molar-refractivity contribution >= 4 is 11.1 Å². The van der Waals surface area contributed by atoms with Gasteiger partial charge in [0.1, 0.15) is 12.4 Å². The molecule has 3 rings (SSSR count). The fourth-order valence-corrected chi connectivity index (χ4v) is 2.40. The summed E-state index contributed by atoms with van der Waals surface area (Å²) in [6.45, 7) is 2.66. The fraction of sp³-hybridized carbons (Fsp3) is 0.118. The van der Waals surface area contributed by atoms with Gasteiger partial charge in [0.05, 0.1) is 11.6 Å². The Bertz CT molecular complexity index is 707. The molecule has 1 aliphatic heterocycles. The van der Waals surface area contributed by atoms with Crippen LogP contribution in [0.2, 0.25) is 0 Å². The normalized spacial score (nSPS) is 13.5. The highest BCUT2D eigenvalue weighted by Gasteiger charge is 2.17. The van der Waals surface area contributed by atoms with Crippen molar-refractivity contribution in [3.63, 3.8) is 0 Å². The third kappa shape index (κ3) is 2.00. The second kappa shape index (κ2) is 4.62. The molecule has 0 saturated carbocycles. The van der Waals surface area contributed by atoms with Crippen molar-refractivity contribution in [1.82, 2.24) is 0 Å². The fourth-order valence-electron chi connectivity index (χ4n) is 2.40. The van der Waals surface area contributed by atoms with Crippen LogP contribution in [0.3, 0.4) is 0 Å². The highest BCUT2D eigenvalue weighted by atomic mass is 16.5. The maximum Gasteiger partial charge on any atom is 0.127 e. The molecule has 0 radical (unpaired) electrons. The number of allylic oxidation sites excluding steroid dienone is 1. The molecule has 0 bridgehead atoms. The summed E-state index contributed by atoms with van der Waals surface area (Å²) >= 11 is 0. The van der Waals surface area contributed by atoms with Crippen molar-refractivity contribution in [3.05, 3.63) is 65.2 Å².